The summed E-state index contributed by atoms with van der Waals surface area (Å²) < 4.78 is 4.45. The Bertz CT molecular complexity index is 585. The number of hydrogen-bond acceptors (Lipinski definition) is 3. The highest BCUT2D eigenvalue weighted by Crippen LogP contribution is 2.64. The highest BCUT2D eigenvalue weighted by atomic mass is 35.5. The summed E-state index contributed by atoms with van der Waals surface area (Å²) in [5, 5.41) is 0. The summed E-state index contributed by atoms with van der Waals surface area (Å²) in [6, 6.07) is 8.34. The van der Waals surface area contributed by atoms with Crippen LogP contribution in [0.25, 0.3) is 0 Å². The molecule has 1 heterocycles. The van der Waals surface area contributed by atoms with E-state index in [1.165, 1.54) is 5.69 Å². The molecule has 1 unspecified atom stereocenters. The molecule has 1 aliphatic carbocycles. The van der Waals surface area contributed by atoms with Crippen molar-refractivity contribution in [3.05, 3.63) is 29.8 Å². The van der Waals surface area contributed by atoms with Gasteiger partial charge in [-0.3, -0.25) is 4.79 Å². The fraction of sp³-hybridized carbons (Fsp3) is 0.588. The zero-order valence-electron chi connectivity index (χ0n) is 13.5. The minimum absolute atomic E-state index is 0.000226. The molecule has 0 N–H and O–H groups in total. The molecule has 1 aliphatic heterocycles. The predicted molar refractivity (Wildman–Crippen MR) is 93.1 cm³/mol. The minimum Gasteiger partial charge on any atom is -0.378 e. The third-order valence-electron chi connectivity index (χ3n) is 4.81. The van der Waals surface area contributed by atoms with E-state index in [0.717, 1.165) is 31.9 Å². The molecule has 0 aromatic heterocycles. The lowest BCUT2D eigenvalue weighted by Gasteiger charge is -2.29. The molecule has 1 aromatic carbocycles. The summed E-state index contributed by atoms with van der Waals surface area (Å²) in [6.07, 6.45) is 0.516. The number of halogens is 2. The van der Waals surface area contributed by atoms with Crippen molar-refractivity contribution in [2.45, 2.75) is 24.2 Å². The van der Waals surface area contributed by atoms with Gasteiger partial charge in [0.05, 0.1) is 18.6 Å². The Morgan fingerprint density at radius 1 is 1.26 bits per heavy atom. The van der Waals surface area contributed by atoms with Crippen LogP contribution in [0.1, 0.15) is 18.9 Å². The van der Waals surface area contributed by atoms with Gasteiger partial charge in [-0.1, -0.05) is 12.1 Å². The Labute approximate surface area is 147 Å². The van der Waals surface area contributed by atoms with E-state index in [-0.39, 0.29) is 5.91 Å². The van der Waals surface area contributed by atoms with Gasteiger partial charge in [0.1, 0.15) is 4.33 Å². The second-order valence-corrected chi connectivity index (χ2v) is 8.12. The Kier molecular flexibility index (Phi) is 4.51. The fourth-order valence-electron chi connectivity index (χ4n) is 3.03. The number of anilines is 1. The van der Waals surface area contributed by atoms with Crippen molar-refractivity contribution in [3.8, 4) is 0 Å². The van der Waals surface area contributed by atoms with Crippen molar-refractivity contribution in [3.63, 3.8) is 0 Å². The second-order valence-electron chi connectivity index (χ2n) is 6.64. The van der Waals surface area contributed by atoms with E-state index in [1.54, 1.807) is 11.9 Å². The summed E-state index contributed by atoms with van der Waals surface area (Å²) in [5.74, 6) is -0.000226. The van der Waals surface area contributed by atoms with Gasteiger partial charge in [0.15, 0.2) is 0 Å². The zero-order valence-corrected chi connectivity index (χ0v) is 15.0. The van der Waals surface area contributed by atoms with Crippen LogP contribution in [0.2, 0.25) is 0 Å². The largest absolute Gasteiger partial charge is 0.378 e. The first-order valence-corrected chi connectivity index (χ1v) is 8.64. The molecular weight excluding hydrogens is 335 g/mol. The van der Waals surface area contributed by atoms with Crippen LogP contribution < -0.4 is 4.90 Å². The first-order valence-electron chi connectivity index (χ1n) is 7.88. The summed E-state index contributed by atoms with van der Waals surface area (Å²) in [7, 11) is 1.80. The van der Waals surface area contributed by atoms with Crippen molar-refractivity contribution in [1.82, 2.24) is 4.90 Å². The number of carbonyl (C=O) groups is 1. The van der Waals surface area contributed by atoms with Gasteiger partial charge in [-0.05, 0) is 31.0 Å². The van der Waals surface area contributed by atoms with Crippen LogP contribution in [-0.4, -0.2) is 48.5 Å². The van der Waals surface area contributed by atoms with Gasteiger partial charge in [0.25, 0.3) is 0 Å². The van der Waals surface area contributed by atoms with E-state index in [0.29, 0.717) is 13.0 Å². The van der Waals surface area contributed by atoms with Crippen molar-refractivity contribution in [2.75, 3.05) is 38.3 Å². The van der Waals surface area contributed by atoms with Gasteiger partial charge in [0, 0.05) is 32.4 Å². The van der Waals surface area contributed by atoms with Crippen molar-refractivity contribution in [2.24, 2.45) is 5.41 Å². The molecule has 126 valence electrons. The number of carbonyl (C=O) groups excluding carboxylic acids is 1. The molecule has 23 heavy (non-hydrogen) atoms. The lowest BCUT2D eigenvalue weighted by atomic mass is 10.1. The van der Waals surface area contributed by atoms with Gasteiger partial charge in [-0.25, -0.2) is 0 Å². The predicted octanol–water partition coefficient (Wildman–Crippen LogP) is 3.07. The van der Waals surface area contributed by atoms with Gasteiger partial charge in [-0.15, -0.1) is 23.2 Å². The minimum atomic E-state index is -0.918. The fourth-order valence-corrected chi connectivity index (χ4v) is 3.73. The normalized spacial score (nSPS) is 26.0. The highest BCUT2D eigenvalue weighted by molar-refractivity contribution is 6.53. The molecule has 1 saturated heterocycles. The molecule has 3 rings (SSSR count). The van der Waals surface area contributed by atoms with Gasteiger partial charge < -0.3 is 14.5 Å². The van der Waals surface area contributed by atoms with Crippen LogP contribution in [0, 0.1) is 5.41 Å². The molecule has 1 saturated carbocycles. The van der Waals surface area contributed by atoms with E-state index in [4.69, 9.17) is 27.9 Å². The molecule has 0 spiro atoms. The van der Waals surface area contributed by atoms with Gasteiger partial charge >= 0.3 is 0 Å². The maximum absolute atomic E-state index is 12.5. The summed E-state index contributed by atoms with van der Waals surface area (Å²) in [6.45, 7) is 5.77. The highest BCUT2D eigenvalue weighted by Gasteiger charge is 2.68. The number of rotatable bonds is 4. The van der Waals surface area contributed by atoms with Crippen molar-refractivity contribution >= 4 is 34.8 Å². The lowest BCUT2D eigenvalue weighted by Crippen LogP contribution is -2.36. The van der Waals surface area contributed by atoms with Crippen LogP contribution in [0.4, 0.5) is 5.69 Å². The van der Waals surface area contributed by atoms with Crippen LogP contribution >= 0.6 is 23.2 Å². The van der Waals surface area contributed by atoms with E-state index < -0.39 is 9.75 Å². The second kappa shape index (κ2) is 6.15. The smallest absolute Gasteiger partial charge is 0.231 e. The molecule has 1 atom stereocenters. The quantitative estimate of drug-likeness (QED) is 0.777. The molecule has 2 aliphatic rings. The first-order chi connectivity index (χ1) is 10.8. The molecule has 6 heteroatoms. The Morgan fingerprint density at radius 3 is 2.35 bits per heavy atom. The van der Waals surface area contributed by atoms with Crippen molar-refractivity contribution in [1.29, 1.82) is 0 Å². The maximum atomic E-state index is 12.5. The molecular formula is C17H22Cl2N2O2. The van der Waals surface area contributed by atoms with E-state index in [9.17, 15) is 4.79 Å². The van der Waals surface area contributed by atoms with Crippen LogP contribution in [0.15, 0.2) is 24.3 Å². The van der Waals surface area contributed by atoms with Gasteiger partial charge in [0.2, 0.25) is 5.91 Å². The van der Waals surface area contributed by atoms with E-state index in [1.807, 2.05) is 6.92 Å². The molecule has 0 bridgehead atoms. The molecule has 4 nitrogen and oxygen atoms in total. The Morgan fingerprint density at radius 2 is 1.83 bits per heavy atom. The van der Waals surface area contributed by atoms with E-state index >= 15 is 0 Å². The average molecular weight is 357 g/mol. The SMILES string of the molecule is CN(Cc1ccc(N2CCOCC2)cc1)C(=O)C1(C)CC1(Cl)Cl. The Hall–Kier alpha value is -0.970. The number of hydrogen-bond donors (Lipinski definition) is 0. The number of nitrogens with zero attached hydrogens (tertiary/aromatic N) is 2. The maximum Gasteiger partial charge on any atom is 0.231 e. The van der Waals surface area contributed by atoms with Crippen LogP contribution in [0.5, 0.6) is 0 Å². The lowest BCUT2D eigenvalue weighted by molar-refractivity contribution is -0.135. The molecule has 1 amide bonds. The van der Waals surface area contributed by atoms with E-state index in [2.05, 4.69) is 29.2 Å². The monoisotopic (exact) mass is 356 g/mol. The molecule has 1 aromatic rings. The number of alkyl halides is 2. The molecule has 2 fully saturated rings. The van der Waals surface area contributed by atoms with Crippen molar-refractivity contribution < 1.29 is 9.53 Å². The Balaban J connectivity index is 1.61. The third kappa shape index (κ3) is 3.30. The van der Waals surface area contributed by atoms with Gasteiger partial charge in [-0.2, -0.15) is 0 Å². The summed E-state index contributed by atoms with van der Waals surface area (Å²) in [5.41, 5.74) is 1.64. The average Bonchev–Trinajstić information content (AvgIpc) is 3.07. The first kappa shape index (κ1) is 16.9. The molecule has 0 radical (unpaired) electrons. The number of morpholine rings is 1. The number of benzene rings is 1. The standard InChI is InChI=1S/C17H22Cl2N2O2/c1-16(12-17(16,18)19)15(22)20(2)11-13-3-5-14(6-4-13)21-7-9-23-10-8-21/h3-6H,7-12H2,1-2H3. The third-order valence-corrected chi connectivity index (χ3v) is 5.91. The van der Waals surface area contributed by atoms with Crippen LogP contribution in [-0.2, 0) is 16.1 Å². The summed E-state index contributed by atoms with van der Waals surface area (Å²) >= 11 is 12.2. The topological polar surface area (TPSA) is 32.8 Å². The number of amides is 1. The summed E-state index contributed by atoms with van der Waals surface area (Å²) in [4.78, 5) is 16.5. The van der Waals surface area contributed by atoms with Crippen LogP contribution in [0.3, 0.4) is 0 Å². The number of ether oxygens (including phenoxy) is 1. The zero-order chi connectivity index (χ0) is 16.7.